The molecule has 194 valence electrons. The summed E-state index contributed by atoms with van der Waals surface area (Å²) in [5.74, 6) is -4.62. The van der Waals surface area contributed by atoms with Gasteiger partial charge in [-0.2, -0.15) is 13.2 Å². The minimum Gasteiger partial charge on any atom is -0.393 e. The molecule has 2 aromatic heterocycles. The molecule has 0 aliphatic carbocycles. The molecule has 2 atom stereocenters. The van der Waals surface area contributed by atoms with Crippen LogP contribution in [0.4, 0.5) is 27.8 Å². The number of hydrogen-bond donors (Lipinski definition) is 3. The lowest BCUT2D eigenvalue weighted by molar-refractivity contribution is -0.145. The summed E-state index contributed by atoms with van der Waals surface area (Å²) in [6.45, 7) is 2.45. The van der Waals surface area contributed by atoms with E-state index in [-0.39, 0.29) is 17.9 Å². The number of alkyl halides is 5. The second-order valence-electron chi connectivity index (χ2n) is 8.79. The van der Waals surface area contributed by atoms with E-state index in [1.54, 1.807) is 26.1 Å². The lowest BCUT2D eigenvalue weighted by atomic mass is 9.87. The second kappa shape index (κ2) is 10.6. The van der Waals surface area contributed by atoms with Gasteiger partial charge < -0.3 is 15.5 Å². The van der Waals surface area contributed by atoms with Crippen molar-refractivity contribution in [2.24, 2.45) is 5.92 Å². The highest BCUT2D eigenvalue weighted by Gasteiger charge is 2.46. The van der Waals surface area contributed by atoms with Gasteiger partial charge in [-0.25, -0.2) is 13.8 Å². The Bertz CT molecular complexity index is 1130. The summed E-state index contributed by atoms with van der Waals surface area (Å²) < 4.78 is 67.4. The molecule has 1 saturated heterocycles. The summed E-state index contributed by atoms with van der Waals surface area (Å²) in [4.78, 5) is 22.3. The summed E-state index contributed by atoms with van der Waals surface area (Å²) in [6.07, 6.45) is -1.42. The van der Waals surface area contributed by atoms with Crippen molar-refractivity contribution in [1.82, 2.24) is 20.2 Å². The van der Waals surface area contributed by atoms with E-state index in [0.717, 1.165) is 22.6 Å². The van der Waals surface area contributed by atoms with Gasteiger partial charge in [0.2, 0.25) is 0 Å². The van der Waals surface area contributed by atoms with Gasteiger partial charge in [0.25, 0.3) is 11.8 Å². The first-order chi connectivity index (χ1) is 16.8. The molecule has 0 aromatic carbocycles. The monoisotopic (exact) mass is 510 g/mol. The van der Waals surface area contributed by atoms with E-state index in [1.165, 1.54) is 12.4 Å². The number of carbonyl (C=O) groups is 1. The number of nitrogens with one attached hydrogen (secondary N) is 3. The summed E-state index contributed by atoms with van der Waals surface area (Å²) in [6, 6.07) is 4.65. The Labute approximate surface area is 205 Å². The van der Waals surface area contributed by atoms with Crippen molar-refractivity contribution in [2.75, 3.05) is 25.5 Å². The van der Waals surface area contributed by atoms with E-state index in [4.69, 9.17) is 5.41 Å². The molecule has 12 heteroatoms. The number of pyridine rings is 2. The van der Waals surface area contributed by atoms with Gasteiger partial charge in [0.05, 0.1) is 23.8 Å². The van der Waals surface area contributed by atoms with Gasteiger partial charge in [0.1, 0.15) is 11.5 Å². The molecule has 0 spiro atoms. The smallest absolute Gasteiger partial charge is 0.393 e. The zero-order valence-corrected chi connectivity index (χ0v) is 20.0. The first-order valence-corrected chi connectivity index (χ1v) is 11.2. The van der Waals surface area contributed by atoms with Gasteiger partial charge >= 0.3 is 6.18 Å². The molecule has 1 amide bonds. The fraction of sp³-hybridized carbons (Fsp3) is 0.417. The van der Waals surface area contributed by atoms with Crippen LogP contribution >= 0.6 is 0 Å². The number of rotatable bonds is 7. The van der Waals surface area contributed by atoms with Crippen LogP contribution in [0.25, 0.3) is 5.57 Å². The van der Waals surface area contributed by atoms with Crippen LogP contribution in [-0.2, 0) is 11.0 Å². The van der Waals surface area contributed by atoms with Crippen molar-refractivity contribution in [3.63, 3.8) is 0 Å². The van der Waals surface area contributed by atoms with Crippen LogP contribution in [-0.4, -0.2) is 58.6 Å². The van der Waals surface area contributed by atoms with Gasteiger partial charge in [-0.1, -0.05) is 6.92 Å². The van der Waals surface area contributed by atoms with E-state index in [2.05, 4.69) is 20.6 Å². The highest BCUT2D eigenvalue weighted by molar-refractivity contribution is 6.54. The van der Waals surface area contributed by atoms with Crippen molar-refractivity contribution in [3.05, 3.63) is 59.7 Å². The Balaban J connectivity index is 1.84. The highest BCUT2D eigenvalue weighted by atomic mass is 19.4. The van der Waals surface area contributed by atoms with Gasteiger partial charge in [-0.05, 0) is 42.7 Å². The lowest BCUT2D eigenvalue weighted by Gasteiger charge is -2.43. The van der Waals surface area contributed by atoms with Crippen molar-refractivity contribution < 1.29 is 26.7 Å². The molecule has 1 unspecified atom stereocenters. The zero-order valence-electron chi connectivity index (χ0n) is 20.0. The highest BCUT2D eigenvalue weighted by Crippen LogP contribution is 2.35. The van der Waals surface area contributed by atoms with Crippen LogP contribution in [0.15, 0.2) is 42.9 Å². The van der Waals surface area contributed by atoms with Crippen LogP contribution in [0.2, 0.25) is 0 Å². The third-order valence-corrected chi connectivity index (χ3v) is 5.89. The normalized spacial score (nSPS) is 20.1. The topological polar surface area (TPSA) is 94.0 Å². The molecule has 3 rings (SSSR count). The first-order valence-electron chi connectivity index (χ1n) is 11.2. The fourth-order valence-electron chi connectivity index (χ4n) is 4.12. The Morgan fingerprint density at radius 3 is 2.58 bits per heavy atom. The summed E-state index contributed by atoms with van der Waals surface area (Å²) >= 11 is 0. The minimum atomic E-state index is -4.54. The maximum absolute atomic E-state index is 14.5. The minimum absolute atomic E-state index is 0.0393. The lowest BCUT2D eigenvalue weighted by Crippen LogP contribution is -2.58. The average Bonchev–Trinajstić information content (AvgIpc) is 2.80. The Morgan fingerprint density at radius 1 is 1.28 bits per heavy atom. The number of nitrogens with zero attached hydrogens (tertiary/aromatic N) is 3. The first kappa shape index (κ1) is 27.0. The number of aryl methyl sites for hydroxylation is 1. The number of amides is 1. The third-order valence-electron chi connectivity index (χ3n) is 5.89. The predicted octanol–water partition coefficient (Wildman–Crippen LogP) is 4.37. The predicted molar refractivity (Wildman–Crippen MR) is 126 cm³/mol. The van der Waals surface area contributed by atoms with E-state index in [0.29, 0.717) is 11.9 Å². The number of anilines is 1. The molecule has 3 N–H and O–H groups in total. The summed E-state index contributed by atoms with van der Waals surface area (Å²) in [5.41, 5.74) is -0.110. The van der Waals surface area contributed by atoms with E-state index >= 15 is 0 Å². The standard InChI is InChI=1S/C24H27F5N6O/c1-14-6-7-32-18(8-14)17(11-31-3)21(30)22(36)35-13-23(25,26)9-15(2)19(35)12-34-20-5-4-16(10-33-20)24(27,28)29/h4-8,10-11,15,19,30-31H,9,12-13H2,1-3H3,(H,33,34)/b17-11-,30-21?/t15?,19-/m1/s1. The molecule has 0 radical (unpaired) electrons. The van der Waals surface area contributed by atoms with Gasteiger partial charge in [0, 0.05) is 44.2 Å². The van der Waals surface area contributed by atoms with E-state index in [1.807, 2.05) is 6.92 Å². The van der Waals surface area contributed by atoms with Crippen molar-refractivity contribution in [2.45, 2.75) is 38.4 Å². The Morgan fingerprint density at radius 2 is 2.00 bits per heavy atom. The second-order valence-corrected chi connectivity index (χ2v) is 8.79. The Kier molecular flexibility index (Phi) is 7.95. The number of carbonyl (C=O) groups excluding carboxylic acids is 1. The Hall–Kier alpha value is -3.57. The van der Waals surface area contributed by atoms with Crippen molar-refractivity contribution in [3.8, 4) is 0 Å². The molecule has 7 nitrogen and oxygen atoms in total. The number of halogens is 5. The number of aromatic nitrogens is 2. The SMILES string of the molecule is CN/C=C(\C(=N)C(=O)N1CC(F)(F)CC(C)[C@H]1CNc1ccc(C(F)(F)F)cn1)c1cc(C)ccn1. The van der Waals surface area contributed by atoms with Gasteiger partial charge in [0.15, 0.2) is 0 Å². The molecular formula is C24H27F5N6O. The van der Waals surface area contributed by atoms with Crippen LogP contribution in [0, 0.1) is 18.3 Å². The van der Waals surface area contributed by atoms with Crippen LogP contribution in [0.5, 0.6) is 0 Å². The number of piperidine rings is 1. The molecule has 3 heterocycles. The number of hydrogen-bond acceptors (Lipinski definition) is 6. The van der Waals surface area contributed by atoms with E-state index in [9.17, 15) is 26.7 Å². The molecule has 1 aliphatic rings. The fourth-order valence-corrected chi connectivity index (χ4v) is 4.12. The zero-order chi connectivity index (χ0) is 26.7. The molecular weight excluding hydrogens is 483 g/mol. The molecule has 2 aromatic rings. The molecule has 1 aliphatic heterocycles. The third kappa shape index (κ3) is 6.35. The molecule has 36 heavy (non-hydrogen) atoms. The maximum atomic E-state index is 14.5. The van der Waals surface area contributed by atoms with Crippen LogP contribution in [0.3, 0.4) is 0 Å². The average molecular weight is 511 g/mol. The maximum Gasteiger partial charge on any atom is 0.417 e. The number of likely N-dealkylation sites (tertiary alicyclic amines) is 1. The van der Waals surface area contributed by atoms with Gasteiger partial charge in [-0.15, -0.1) is 0 Å². The van der Waals surface area contributed by atoms with Crippen molar-refractivity contribution in [1.29, 1.82) is 5.41 Å². The summed E-state index contributed by atoms with van der Waals surface area (Å²) in [7, 11) is 1.58. The van der Waals surface area contributed by atoms with Gasteiger partial charge in [-0.3, -0.25) is 15.2 Å². The van der Waals surface area contributed by atoms with Crippen LogP contribution < -0.4 is 10.6 Å². The summed E-state index contributed by atoms with van der Waals surface area (Å²) in [5, 5.41) is 14.1. The molecule has 1 fully saturated rings. The molecule has 0 saturated carbocycles. The quantitative estimate of drug-likeness (QED) is 0.380. The van der Waals surface area contributed by atoms with Crippen LogP contribution in [0.1, 0.15) is 30.2 Å². The molecule has 0 bridgehead atoms. The van der Waals surface area contributed by atoms with E-state index < -0.39 is 54.2 Å². The van der Waals surface area contributed by atoms with Crippen molar-refractivity contribution >= 4 is 23.0 Å². The largest absolute Gasteiger partial charge is 0.417 e.